The summed E-state index contributed by atoms with van der Waals surface area (Å²) in [7, 11) is 0. The quantitative estimate of drug-likeness (QED) is 0.919. The van der Waals surface area contributed by atoms with Gasteiger partial charge in [-0.05, 0) is 28.5 Å². The summed E-state index contributed by atoms with van der Waals surface area (Å²) >= 11 is 3.35. The van der Waals surface area contributed by atoms with Crippen molar-refractivity contribution in [3.05, 3.63) is 41.0 Å². The molecule has 18 heavy (non-hydrogen) atoms. The van der Waals surface area contributed by atoms with E-state index in [-0.39, 0.29) is 0 Å². The fraction of sp³-hybridized carbons (Fsp3) is 0.250. The molecule has 2 heterocycles. The minimum absolute atomic E-state index is 0.547. The Morgan fingerprint density at radius 3 is 2.94 bits per heavy atom. The predicted molar refractivity (Wildman–Crippen MR) is 71.4 cm³/mol. The lowest BCUT2D eigenvalue weighted by atomic mass is 10.3. The van der Waals surface area contributed by atoms with Crippen LogP contribution in [0.2, 0.25) is 0 Å². The van der Waals surface area contributed by atoms with Gasteiger partial charge in [0.25, 0.3) is 0 Å². The van der Waals surface area contributed by atoms with Crippen LogP contribution in [0.3, 0.4) is 0 Å². The third-order valence-corrected chi connectivity index (χ3v) is 2.64. The van der Waals surface area contributed by atoms with Crippen LogP contribution in [0.1, 0.15) is 12.5 Å². The van der Waals surface area contributed by atoms with Gasteiger partial charge in [-0.25, -0.2) is 9.97 Å². The summed E-state index contributed by atoms with van der Waals surface area (Å²) in [5.41, 5.74) is 0.916. The van der Waals surface area contributed by atoms with E-state index in [2.05, 4.69) is 36.2 Å². The summed E-state index contributed by atoms with van der Waals surface area (Å²) in [5, 5.41) is 3.22. The van der Waals surface area contributed by atoms with Crippen molar-refractivity contribution >= 4 is 15.9 Å². The maximum atomic E-state index is 5.70. The van der Waals surface area contributed by atoms with Gasteiger partial charge in [0.15, 0.2) is 0 Å². The number of hydrogen-bond donors (Lipinski definition) is 1. The smallest absolute Gasteiger partial charge is 0.226 e. The molecule has 0 saturated carbocycles. The first-order chi connectivity index (χ1) is 8.79. The zero-order chi connectivity index (χ0) is 12.8. The molecule has 0 bridgehead atoms. The summed E-state index contributed by atoms with van der Waals surface area (Å²) in [6.45, 7) is 3.60. The molecule has 2 aromatic rings. The summed E-state index contributed by atoms with van der Waals surface area (Å²) in [6.07, 6.45) is 6.56. The van der Waals surface area contributed by atoms with E-state index < -0.39 is 0 Å². The van der Waals surface area contributed by atoms with E-state index in [4.69, 9.17) is 4.74 Å². The van der Waals surface area contributed by atoms with Crippen LogP contribution in [0.4, 0.5) is 0 Å². The molecular weight excluding hydrogens is 296 g/mol. The second-order valence-corrected chi connectivity index (χ2v) is 4.49. The molecule has 0 radical (unpaired) electrons. The van der Waals surface area contributed by atoms with Crippen molar-refractivity contribution in [3.8, 4) is 11.6 Å². The van der Waals surface area contributed by atoms with Gasteiger partial charge in [0.1, 0.15) is 12.1 Å². The van der Waals surface area contributed by atoms with Crippen molar-refractivity contribution in [2.24, 2.45) is 0 Å². The zero-order valence-corrected chi connectivity index (χ0v) is 11.5. The molecule has 0 aliphatic rings. The first-order valence-electron chi connectivity index (χ1n) is 5.57. The fourth-order valence-electron chi connectivity index (χ4n) is 1.38. The van der Waals surface area contributed by atoms with Crippen molar-refractivity contribution < 1.29 is 4.74 Å². The molecule has 94 valence electrons. The molecule has 6 heteroatoms. The SMILES string of the molecule is CCNCc1cncnc1Oc1cncc(Br)c1. The topological polar surface area (TPSA) is 59.9 Å². The lowest BCUT2D eigenvalue weighted by Gasteiger charge is -2.09. The van der Waals surface area contributed by atoms with Gasteiger partial charge < -0.3 is 10.1 Å². The monoisotopic (exact) mass is 308 g/mol. The average Bonchev–Trinajstić information content (AvgIpc) is 2.38. The van der Waals surface area contributed by atoms with E-state index in [1.807, 2.05) is 13.0 Å². The van der Waals surface area contributed by atoms with Crippen LogP contribution in [-0.4, -0.2) is 21.5 Å². The molecule has 0 spiro atoms. The van der Waals surface area contributed by atoms with E-state index in [1.165, 1.54) is 6.33 Å². The molecule has 0 atom stereocenters. The number of ether oxygens (including phenoxy) is 1. The van der Waals surface area contributed by atoms with Crippen molar-refractivity contribution in [1.82, 2.24) is 20.3 Å². The van der Waals surface area contributed by atoms with Crippen LogP contribution >= 0.6 is 15.9 Å². The Morgan fingerprint density at radius 2 is 2.17 bits per heavy atom. The van der Waals surface area contributed by atoms with E-state index in [0.29, 0.717) is 18.2 Å². The first-order valence-corrected chi connectivity index (χ1v) is 6.37. The van der Waals surface area contributed by atoms with Gasteiger partial charge >= 0.3 is 0 Å². The highest BCUT2D eigenvalue weighted by Crippen LogP contribution is 2.23. The van der Waals surface area contributed by atoms with Crippen molar-refractivity contribution in [2.45, 2.75) is 13.5 Å². The Morgan fingerprint density at radius 1 is 1.28 bits per heavy atom. The Balaban J connectivity index is 2.17. The number of rotatable bonds is 5. The Hall–Kier alpha value is -1.53. The number of pyridine rings is 1. The maximum absolute atomic E-state index is 5.70. The van der Waals surface area contributed by atoms with E-state index in [1.54, 1.807) is 18.6 Å². The number of nitrogens with zero attached hydrogens (tertiary/aromatic N) is 3. The normalized spacial score (nSPS) is 10.3. The van der Waals surface area contributed by atoms with Crippen LogP contribution in [0, 0.1) is 0 Å². The first kappa shape index (κ1) is 12.9. The molecule has 0 aliphatic carbocycles. The van der Waals surface area contributed by atoms with Gasteiger partial charge in [-0.1, -0.05) is 6.92 Å². The molecule has 2 rings (SSSR count). The number of halogens is 1. The lowest BCUT2D eigenvalue weighted by Crippen LogP contribution is -2.13. The Labute approximate surface area is 114 Å². The van der Waals surface area contributed by atoms with E-state index >= 15 is 0 Å². The third-order valence-electron chi connectivity index (χ3n) is 2.21. The molecule has 2 aromatic heterocycles. The Kier molecular flexibility index (Phi) is 4.60. The van der Waals surface area contributed by atoms with Gasteiger partial charge in [-0.2, -0.15) is 0 Å². The van der Waals surface area contributed by atoms with Gasteiger partial charge in [0, 0.05) is 29.0 Å². The lowest BCUT2D eigenvalue weighted by molar-refractivity contribution is 0.449. The largest absolute Gasteiger partial charge is 0.437 e. The highest BCUT2D eigenvalue weighted by Gasteiger charge is 2.06. The zero-order valence-electron chi connectivity index (χ0n) is 9.93. The summed E-state index contributed by atoms with van der Waals surface area (Å²) < 4.78 is 6.57. The van der Waals surface area contributed by atoms with Gasteiger partial charge in [0.05, 0.1) is 6.20 Å². The maximum Gasteiger partial charge on any atom is 0.226 e. The minimum atomic E-state index is 0.547. The molecule has 5 nitrogen and oxygen atoms in total. The van der Waals surface area contributed by atoms with Crippen molar-refractivity contribution in [3.63, 3.8) is 0 Å². The summed E-state index contributed by atoms with van der Waals surface area (Å²) in [5.74, 6) is 1.19. The standard InChI is InChI=1S/C12H13BrN4O/c1-2-14-4-9-5-16-8-17-12(9)18-11-3-10(13)6-15-7-11/h3,5-8,14H,2,4H2,1H3. The van der Waals surface area contributed by atoms with Crippen molar-refractivity contribution in [2.75, 3.05) is 6.54 Å². The second kappa shape index (κ2) is 6.42. The molecular formula is C12H13BrN4O. The van der Waals surface area contributed by atoms with Gasteiger partial charge in [-0.3, -0.25) is 4.98 Å². The third kappa shape index (κ3) is 3.48. The number of hydrogen-bond acceptors (Lipinski definition) is 5. The van der Waals surface area contributed by atoms with Gasteiger partial charge in [-0.15, -0.1) is 0 Å². The van der Waals surface area contributed by atoms with Gasteiger partial charge in [0.2, 0.25) is 5.88 Å². The highest BCUT2D eigenvalue weighted by molar-refractivity contribution is 9.10. The van der Waals surface area contributed by atoms with E-state index in [9.17, 15) is 0 Å². The van der Waals surface area contributed by atoms with Crippen molar-refractivity contribution in [1.29, 1.82) is 0 Å². The molecule has 1 N–H and O–H groups in total. The number of nitrogens with one attached hydrogen (secondary N) is 1. The van der Waals surface area contributed by atoms with Crippen LogP contribution < -0.4 is 10.1 Å². The molecule has 0 fully saturated rings. The average molecular weight is 309 g/mol. The predicted octanol–water partition coefficient (Wildman–Crippen LogP) is 2.54. The molecule has 0 unspecified atom stereocenters. The highest BCUT2D eigenvalue weighted by atomic mass is 79.9. The summed E-state index contributed by atoms with van der Waals surface area (Å²) in [4.78, 5) is 12.2. The second-order valence-electron chi connectivity index (χ2n) is 3.57. The van der Waals surface area contributed by atoms with Crippen LogP contribution in [0.25, 0.3) is 0 Å². The summed E-state index contributed by atoms with van der Waals surface area (Å²) in [6, 6.07) is 1.84. The van der Waals surface area contributed by atoms with E-state index in [0.717, 1.165) is 16.6 Å². The van der Waals surface area contributed by atoms with Crippen LogP contribution in [-0.2, 0) is 6.54 Å². The molecule has 0 saturated heterocycles. The fourth-order valence-corrected chi connectivity index (χ4v) is 1.72. The minimum Gasteiger partial charge on any atom is -0.437 e. The Bertz CT molecular complexity index is 521. The van der Waals surface area contributed by atoms with Crippen LogP contribution in [0.15, 0.2) is 35.5 Å². The molecule has 0 aliphatic heterocycles. The molecule has 0 amide bonds. The van der Waals surface area contributed by atoms with Crippen LogP contribution in [0.5, 0.6) is 11.6 Å². The molecule has 0 aromatic carbocycles. The number of aromatic nitrogens is 3.